The maximum atomic E-state index is 12.0. The van der Waals surface area contributed by atoms with Crippen molar-refractivity contribution in [1.29, 1.82) is 0 Å². The van der Waals surface area contributed by atoms with Crippen molar-refractivity contribution in [3.8, 4) is 11.5 Å². The molecule has 0 bridgehead atoms. The predicted molar refractivity (Wildman–Crippen MR) is 101 cm³/mol. The van der Waals surface area contributed by atoms with Crippen LogP contribution in [-0.2, 0) is 9.59 Å². The van der Waals surface area contributed by atoms with Crippen LogP contribution in [-0.4, -0.2) is 43.0 Å². The van der Waals surface area contributed by atoms with E-state index in [1.165, 1.54) is 0 Å². The van der Waals surface area contributed by atoms with Crippen LogP contribution in [0.3, 0.4) is 0 Å². The van der Waals surface area contributed by atoms with Crippen LogP contribution in [0.25, 0.3) is 0 Å². The van der Waals surface area contributed by atoms with E-state index in [0.29, 0.717) is 28.5 Å². The molecule has 2 rings (SSSR count). The molecule has 2 aromatic rings. The molecule has 2 aromatic carbocycles. The summed E-state index contributed by atoms with van der Waals surface area (Å²) in [5.41, 5.74) is 4.44. The monoisotopic (exact) mass is 371 g/mol. The van der Waals surface area contributed by atoms with E-state index >= 15 is 0 Å². The lowest BCUT2D eigenvalue weighted by Gasteiger charge is -2.10. The highest BCUT2D eigenvalue weighted by atomic mass is 16.5. The van der Waals surface area contributed by atoms with Crippen LogP contribution < -0.4 is 20.2 Å². The summed E-state index contributed by atoms with van der Waals surface area (Å²) >= 11 is 0. The molecule has 0 saturated carbocycles. The number of anilines is 1. The number of aliphatic carboxylic acids is 1. The molecule has 0 aliphatic carbocycles. The van der Waals surface area contributed by atoms with Crippen molar-refractivity contribution in [1.82, 2.24) is 5.43 Å². The van der Waals surface area contributed by atoms with Gasteiger partial charge in [0.15, 0.2) is 6.61 Å². The zero-order valence-corrected chi connectivity index (χ0v) is 15.1. The quantitative estimate of drug-likeness (QED) is 0.460. The zero-order valence-electron chi connectivity index (χ0n) is 15.1. The molecule has 0 fully saturated rings. The second-order valence-corrected chi connectivity index (χ2v) is 5.50. The van der Waals surface area contributed by atoms with Gasteiger partial charge < -0.3 is 19.9 Å². The first-order valence-electron chi connectivity index (χ1n) is 8.14. The number of carbonyl (C=O) groups is 2. The Labute approximate surface area is 156 Å². The summed E-state index contributed by atoms with van der Waals surface area (Å²) in [6.45, 7) is 1.33. The molecule has 3 N–H and O–H groups in total. The lowest BCUT2D eigenvalue weighted by Crippen LogP contribution is -2.26. The standard InChI is InChI=1S/C19H21N3O5/c1-13(14-6-5-7-15(10-14)27-12-19(24)25)21-22-18(23)11-20-16-8-3-4-9-17(16)26-2/h3-10,20H,11-12H2,1-2H3,(H,22,23)(H,24,25)/b21-13-. The van der Waals surface area contributed by atoms with Gasteiger partial charge in [-0.05, 0) is 31.2 Å². The van der Waals surface area contributed by atoms with Crippen LogP contribution >= 0.6 is 0 Å². The first-order valence-corrected chi connectivity index (χ1v) is 8.14. The van der Waals surface area contributed by atoms with Gasteiger partial charge in [-0.25, -0.2) is 10.2 Å². The average Bonchev–Trinajstić information content (AvgIpc) is 2.69. The summed E-state index contributed by atoms with van der Waals surface area (Å²) in [6, 6.07) is 14.1. The Morgan fingerprint density at radius 1 is 1.15 bits per heavy atom. The molecule has 0 spiro atoms. The van der Waals surface area contributed by atoms with Gasteiger partial charge in [-0.1, -0.05) is 24.3 Å². The van der Waals surface area contributed by atoms with E-state index in [1.54, 1.807) is 44.4 Å². The van der Waals surface area contributed by atoms with Gasteiger partial charge in [0.25, 0.3) is 5.91 Å². The highest BCUT2D eigenvalue weighted by molar-refractivity contribution is 5.99. The number of rotatable bonds is 9. The van der Waals surface area contributed by atoms with E-state index in [0.717, 1.165) is 0 Å². The summed E-state index contributed by atoms with van der Waals surface area (Å²) in [5, 5.41) is 15.7. The number of hydrogen-bond donors (Lipinski definition) is 3. The average molecular weight is 371 g/mol. The van der Waals surface area contributed by atoms with Gasteiger partial charge in [-0.3, -0.25) is 4.79 Å². The number of carboxylic acids is 1. The highest BCUT2D eigenvalue weighted by Crippen LogP contribution is 2.22. The largest absolute Gasteiger partial charge is 0.495 e. The molecule has 0 radical (unpaired) electrons. The van der Waals surface area contributed by atoms with Gasteiger partial charge in [0.2, 0.25) is 0 Å². The van der Waals surface area contributed by atoms with Crippen LogP contribution in [0.15, 0.2) is 53.6 Å². The Morgan fingerprint density at radius 2 is 1.93 bits per heavy atom. The molecule has 0 aliphatic rings. The Morgan fingerprint density at radius 3 is 2.67 bits per heavy atom. The molecular formula is C19H21N3O5. The Balaban J connectivity index is 1.91. The van der Waals surface area contributed by atoms with E-state index in [9.17, 15) is 9.59 Å². The van der Waals surface area contributed by atoms with E-state index in [4.69, 9.17) is 14.6 Å². The van der Waals surface area contributed by atoms with Crippen molar-refractivity contribution >= 4 is 23.3 Å². The third kappa shape index (κ3) is 6.35. The summed E-state index contributed by atoms with van der Waals surface area (Å²) < 4.78 is 10.3. The van der Waals surface area contributed by atoms with Crippen molar-refractivity contribution in [2.45, 2.75) is 6.92 Å². The first-order chi connectivity index (χ1) is 13.0. The zero-order chi connectivity index (χ0) is 19.6. The van der Waals surface area contributed by atoms with Crippen LogP contribution in [0, 0.1) is 0 Å². The number of nitrogens with zero attached hydrogens (tertiary/aromatic N) is 1. The number of hydrazone groups is 1. The molecular weight excluding hydrogens is 350 g/mol. The molecule has 27 heavy (non-hydrogen) atoms. The van der Waals surface area contributed by atoms with Crippen molar-refractivity contribution < 1.29 is 24.2 Å². The number of carboxylic acid groups (broad SMARTS) is 1. The molecule has 0 unspecified atom stereocenters. The van der Waals surface area contributed by atoms with Gasteiger partial charge in [-0.2, -0.15) is 5.10 Å². The van der Waals surface area contributed by atoms with Crippen LogP contribution in [0.1, 0.15) is 12.5 Å². The van der Waals surface area contributed by atoms with E-state index < -0.39 is 12.6 Å². The fourth-order valence-corrected chi connectivity index (χ4v) is 2.17. The van der Waals surface area contributed by atoms with Crippen LogP contribution in [0.2, 0.25) is 0 Å². The number of carbonyl (C=O) groups excluding carboxylic acids is 1. The molecule has 0 aromatic heterocycles. The summed E-state index contributed by atoms with van der Waals surface area (Å²) in [4.78, 5) is 22.5. The molecule has 0 atom stereocenters. The molecule has 142 valence electrons. The van der Waals surface area contributed by atoms with Gasteiger partial charge >= 0.3 is 5.97 Å². The Hall–Kier alpha value is -3.55. The van der Waals surface area contributed by atoms with Crippen molar-refractivity contribution in [2.24, 2.45) is 5.10 Å². The maximum absolute atomic E-state index is 12.0. The van der Waals surface area contributed by atoms with Crippen LogP contribution in [0.5, 0.6) is 11.5 Å². The number of amides is 1. The number of ether oxygens (including phenoxy) is 2. The molecule has 8 nitrogen and oxygen atoms in total. The van der Waals surface area contributed by atoms with Gasteiger partial charge in [-0.15, -0.1) is 0 Å². The van der Waals surface area contributed by atoms with Crippen molar-refractivity contribution in [2.75, 3.05) is 25.6 Å². The van der Waals surface area contributed by atoms with Gasteiger partial charge in [0.05, 0.1) is 25.1 Å². The fraction of sp³-hybridized carbons (Fsp3) is 0.211. The fourth-order valence-electron chi connectivity index (χ4n) is 2.17. The third-order valence-corrected chi connectivity index (χ3v) is 3.51. The SMILES string of the molecule is COc1ccccc1NCC(=O)N/N=C(/C)c1cccc(OCC(=O)O)c1. The number of nitrogens with one attached hydrogen (secondary N) is 2. The topological polar surface area (TPSA) is 109 Å². The minimum atomic E-state index is -1.05. The molecule has 1 amide bonds. The second kappa shape index (κ2) is 9.81. The molecule has 0 heterocycles. The molecule has 8 heteroatoms. The number of para-hydroxylation sites is 2. The molecule has 0 saturated heterocycles. The van der Waals surface area contributed by atoms with Crippen LogP contribution in [0.4, 0.5) is 5.69 Å². The summed E-state index contributed by atoms with van der Waals surface area (Å²) in [6.07, 6.45) is 0. The third-order valence-electron chi connectivity index (χ3n) is 3.51. The Bertz CT molecular complexity index is 836. The smallest absolute Gasteiger partial charge is 0.341 e. The van der Waals surface area contributed by atoms with Gasteiger partial charge in [0.1, 0.15) is 11.5 Å². The number of benzene rings is 2. The normalized spacial score (nSPS) is 10.8. The maximum Gasteiger partial charge on any atom is 0.341 e. The van der Waals surface area contributed by atoms with Crippen molar-refractivity contribution in [3.63, 3.8) is 0 Å². The highest BCUT2D eigenvalue weighted by Gasteiger charge is 2.06. The lowest BCUT2D eigenvalue weighted by atomic mass is 10.1. The van der Waals surface area contributed by atoms with Crippen molar-refractivity contribution in [3.05, 3.63) is 54.1 Å². The Kier molecular flexibility index (Phi) is 7.18. The number of hydrogen-bond acceptors (Lipinski definition) is 6. The second-order valence-electron chi connectivity index (χ2n) is 5.50. The minimum absolute atomic E-state index is 0.0267. The van der Waals surface area contributed by atoms with E-state index in [-0.39, 0.29) is 12.5 Å². The summed E-state index contributed by atoms with van der Waals surface area (Å²) in [5.74, 6) is -0.323. The minimum Gasteiger partial charge on any atom is -0.495 e. The summed E-state index contributed by atoms with van der Waals surface area (Å²) in [7, 11) is 1.56. The van der Waals surface area contributed by atoms with E-state index in [2.05, 4.69) is 15.8 Å². The van der Waals surface area contributed by atoms with E-state index in [1.807, 2.05) is 18.2 Å². The number of methoxy groups -OCH3 is 1. The predicted octanol–water partition coefficient (Wildman–Crippen LogP) is 2.11. The first kappa shape index (κ1) is 19.8. The molecule has 0 aliphatic heterocycles. The lowest BCUT2D eigenvalue weighted by molar-refractivity contribution is -0.139. The van der Waals surface area contributed by atoms with Gasteiger partial charge in [0, 0.05) is 5.56 Å².